The Kier molecular flexibility index (Phi) is 6.15. The van der Waals surface area contributed by atoms with E-state index in [4.69, 9.17) is 9.47 Å². The Morgan fingerprint density at radius 2 is 2.10 bits per heavy atom. The molecule has 1 aromatic carbocycles. The monoisotopic (exact) mass is 298 g/mol. The first kappa shape index (κ1) is 17.4. The number of ether oxygens (including phenoxy) is 2. The molecule has 0 aliphatic rings. The zero-order valence-corrected chi connectivity index (χ0v) is 13.0. The molecule has 0 radical (unpaired) electrons. The number of carbonyl (C=O) groups excluding carboxylic acids is 1. The molecule has 1 N–H and O–H groups in total. The molecule has 5 heteroatoms. The summed E-state index contributed by atoms with van der Waals surface area (Å²) >= 11 is 0. The zero-order chi connectivity index (χ0) is 16.0. The van der Waals surface area contributed by atoms with E-state index in [1.165, 1.54) is 19.2 Å². The van der Waals surface area contributed by atoms with Gasteiger partial charge in [0.05, 0.1) is 13.7 Å². The number of carbonyl (C=O) groups is 1. The maximum absolute atomic E-state index is 14.2. The van der Waals surface area contributed by atoms with Crippen LogP contribution in [0, 0.1) is 5.82 Å². The smallest absolute Gasteiger partial charge is 0.338 e. The number of methoxy groups -OCH3 is 1. The van der Waals surface area contributed by atoms with Crippen molar-refractivity contribution in [2.75, 3.05) is 13.7 Å². The highest BCUT2D eigenvalue weighted by Crippen LogP contribution is 2.39. The number of rotatable bonds is 7. The first-order valence-electron chi connectivity index (χ1n) is 7.14. The predicted molar refractivity (Wildman–Crippen MR) is 77.9 cm³/mol. The van der Waals surface area contributed by atoms with E-state index in [2.05, 4.69) is 0 Å². The van der Waals surface area contributed by atoms with Crippen molar-refractivity contribution in [1.82, 2.24) is 0 Å². The molecule has 0 saturated carbocycles. The fourth-order valence-corrected chi connectivity index (χ4v) is 2.49. The molecule has 2 atom stereocenters. The second-order valence-corrected chi connectivity index (χ2v) is 4.97. The third-order valence-electron chi connectivity index (χ3n) is 3.64. The van der Waals surface area contributed by atoms with E-state index in [-0.39, 0.29) is 18.6 Å². The third-order valence-corrected chi connectivity index (χ3v) is 3.64. The van der Waals surface area contributed by atoms with Gasteiger partial charge in [0.15, 0.2) is 5.60 Å². The topological polar surface area (TPSA) is 55.8 Å². The molecule has 2 unspecified atom stereocenters. The molecule has 0 heterocycles. The lowest BCUT2D eigenvalue weighted by molar-refractivity contribution is -0.168. The molecule has 4 nitrogen and oxygen atoms in total. The molecule has 0 spiro atoms. The van der Waals surface area contributed by atoms with Crippen molar-refractivity contribution >= 4 is 5.97 Å². The van der Waals surface area contributed by atoms with E-state index >= 15 is 0 Å². The summed E-state index contributed by atoms with van der Waals surface area (Å²) < 4.78 is 24.3. The van der Waals surface area contributed by atoms with E-state index in [0.29, 0.717) is 12.2 Å². The lowest BCUT2D eigenvalue weighted by Gasteiger charge is -2.32. The number of hydrogen-bond donors (Lipinski definition) is 1. The lowest BCUT2D eigenvalue weighted by atomic mass is 9.79. The first-order valence-corrected chi connectivity index (χ1v) is 7.14. The Labute approximate surface area is 124 Å². The number of aliphatic hydroxyl groups is 1. The van der Waals surface area contributed by atoms with Gasteiger partial charge in [-0.3, -0.25) is 0 Å². The second-order valence-electron chi connectivity index (χ2n) is 4.97. The van der Waals surface area contributed by atoms with Crippen molar-refractivity contribution in [3.05, 3.63) is 29.6 Å². The average Bonchev–Trinajstić information content (AvgIpc) is 2.46. The quantitative estimate of drug-likeness (QED) is 0.786. The molecule has 0 fully saturated rings. The van der Waals surface area contributed by atoms with E-state index in [1.54, 1.807) is 19.9 Å². The van der Waals surface area contributed by atoms with Crippen molar-refractivity contribution in [3.63, 3.8) is 0 Å². The Morgan fingerprint density at radius 3 is 2.62 bits per heavy atom. The SMILES string of the molecule is CCCC(O)(C(=O)OCC)C(C)c1c(F)cccc1OC. The van der Waals surface area contributed by atoms with Crippen LogP contribution in [0.3, 0.4) is 0 Å². The molecule has 1 rings (SSSR count). The summed E-state index contributed by atoms with van der Waals surface area (Å²) in [6, 6.07) is 4.41. The van der Waals surface area contributed by atoms with E-state index < -0.39 is 23.3 Å². The summed E-state index contributed by atoms with van der Waals surface area (Å²) in [5.41, 5.74) is -1.59. The molecule has 0 aromatic heterocycles. The Hall–Kier alpha value is -1.62. The highest BCUT2D eigenvalue weighted by atomic mass is 19.1. The van der Waals surface area contributed by atoms with Gasteiger partial charge in [0, 0.05) is 11.5 Å². The van der Waals surface area contributed by atoms with Gasteiger partial charge in [-0.1, -0.05) is 26.3 Å². The fraction of sp³-hybridized carbons (Fsp3) is 0.562. The minimum Gasteiger partial charge on any atom is -0.496 e. The van der Waals surface area contributed by atoms with Gasteiger partial charge >= 0.3 is 5.97 Å². The van der Waals surface area contributed by atoms with Gasteiger partial charge < -0.3 is 14.6 Å². The van der Waals surface area contributed by atoms with Crippen LogP contribution < -0.4 is 4.74 Å². The van der Waals surface area contributed by atoms with Crippen LogP contribution in [0.1, 0.15) is 45.1 Å². The summed E-state index contributed by atoms with van der Waals surface area (Å²) in [6.07, 6.45) is 0.751. The summed E-state index contributed by atoms with van der Waals surface area (Å²) in [5.74, 6) is -1.72. The standard InChI is InChI=1S/C16H23FO4/c1-5-10-16(19,15(18)21-6-2)11(3)14-12(17)8-7-9-13(14)20-4/h7-9,11,19H,5-6,10H2,1-4H3. The minimum absolute atomic E-state index is 0.159. The molecule has 0 amide bonds. The van der Waals surface area contributed by atoms with Crippen LogP contribution in [-0.4, -0.2) is 30.4 Å². The van der Waals surface area contributed by atoms with Gasteiger partial charge in [-0.05, 0) is 25.5 Å². The van der Waals surface area contributed by atoms with Crippen LogP contribution in [0.2, 0.25) is 0 Å². The summed E-state index contributed by atoms with van der Waals surface area (Å²) in [6.45, 7) is 5.27. The highest BCUT2D eigenvalue weighted by molar-refractivity contribution is 5.81. The van der Waals surface area contributed by atoms with Crippen molar-refractivity contribution < 1.29 is 23.8 Å². The van der Waals surface area contributed by atoms with Crippen molar-refractivity contribution in [1.29, 1.82) is 0 Å². The van der Waals surface area contributed by atoms with E-state index in [1.807, 2.05) is 6.92 Å². The number of hydrogen-bond acceptors (Lipinski definition) is 4. The number of esters is 1. The van der Waals surface area contributed by atoms with Gasteiger partial charge in [0.2, 0.25) is 0 Å². The number of benzene rings is 1. The zero-order valence-electron chi connectivity index (χ0n) is 13.0. The average molecular weight is 298 g/mol. The van der Waals surface area contributed by atoms with Crippen LogP contribution in [0.5, 0.6) is 5.75 Å². The summed E-state index contributed by atoms with van der Waals surface area (Å²) in [4.78, 5) is 12.1. The molecular formula is C16H23FO4. The van der Waals surface area contributed by atoms with Crippen LogP contribution in [0.4, 0.5) is 4.39 Å². The summed E-state index contributed by atoms with van der Waals surface area (Å²) in [7, 11) is 1.42. The van der Waals surface area contributed by atoms with Gasteiger partial charge in [-0.25, -0.2) is 9.18 Å². The molecule has 1 aromatic rings. The third kappa shape index (κ3) is 3.53. The predicted octanol–water partition coefficient (Wildman–Crippen LogP) is 3.03. The molecule has 0 aliphatic carbocycles. The molecule has 0 aliphatic heterocycles. The molecule has 0 bridgehead atoms. The van der Waals surface area contributed by atoms with Gasteiger partial charge in [0.1, 0.15) is 11.6 Å². The van der Waals surface area contributed by atoms with E-state index in [9.17, 15) is 14.3 Å². The molecule has 0 saturated heterocycles. The van der Waals surface area contributed by atoms with Crippen LogP contribution in [0.25, 0.3) is 0 Å². The van der Waals surface area contributed by atoms with Gasteiger partial charge in [0.25, 0.3) is 0 Å². The number of halogens is 1. The largest absolute Gasteiger partial charge is 0.496 e. The Morgan fingerprint density at radius 1 is 1.43 bits per heavy atom. The molecular weight excluding hydrogens is 275 g/mol. The van der Waals surface area contributed by atoms with Crippen LogP contribution in [0.15, 0.2) is 18.2 Å². The van der Waals surface area contributed by atoms with Crippen LogP contribution >= 0.6 is 0 Å². The maximum atomic E-state index is 14.2. The lowest BCUT2D eigenvalue weighted by Crippen LogP contribution is -2.45. The maximum Gasteiger partial charge on any atom is 0.338 e. The van der Waals surface area contributed by atoms with Crippen LogP contribution in [-0.2, 0) is 9.53 Å². The van der Waals surface area contributed by atoms with Gasteiger partial charge in [-0.15, -0.1) is 0 Å². The first-order chi connectivity index (χ1) is 9.92. The Balaban J connectivity index is 3.29. The normalized spacial score (nSPS) is 15.1. The highest BCUT2D eigenvalue weighted by Gasteiger charge is 2.44. The summed E-state index contributed by atoms with van der Waals surface area (Å²) in [5, 5.41) is 10.8. The minimum atomic E-state index is -1.78. The van der Waals surface area contributed by atoms with Gasteiger partial charge in [-0.2, -0.15) is 0 Å². The molecule has 21 heavy (non-hydrogen) atoms. The van der Waals surface area contributed by atoms with Crippen molar-refractivity contribution in [2.45, 2.75) is 45.1 Å². The molecule has 118 valence electrons. The Bertz CT molecular complexity index is 489. The van der Waals surface area contributed by atoms with Crippen molar-refractivity contribution in [2.24, 2.45) is 0 Å². The fourth-order valence-electron chi connectivity index (χ4n) is 2.49. The second kappa shape index (κ2) is 7.41. The van der Waals surface area contributed by atoms with Crippen molar-refractivity contribution in [3.8, 4) is 5.75 Å². The van der Waals surface area contributed by atoms with E-state index in [0.717, 1.165) is 0 Å².